The highest BCUT2D eigenvalue weighted by Crippen LogP contribution is 2.37. The monoisotopic (exact) mass is 458 g/mol. The minimum atomic E-state index is -0.0189. The van der Waals surface area contributed by atoms with Crippen molar-refractivity contribution in [3.05, 3.63) is 42.1 Å². The Kier molecular flexibility index (Phi) is 5.06. The van der Waals surface area contributed by atoms with Gasteiger partial charge in [0.15, 0.2) is 5.82 Å². The average Bonchev–Trinajstić information content (AvgIpc) is 3.52. The van der Waals surface area contributed by atoms with Crippen molar-refractivity contribution in [1.29, 1.82) is 0 Å². The molecule has 2 aliphatic rings. The second-order valence-electron chi connectivity index (χ2n) is 9.69. The molecule has 6 rings (SSSR count). The van der Waals surface area contributed by atoms with Crippen LogP contribution in [0.1, 0.15) is 36.0 Å². The quantitative estimate of drug-likeness (QED) is 0.494. The number of pyridine rings is 1. The Morgan fingerprint density at radius 2 is 2.09 bits per heavy atom. The van der Waals surface area contributed by atoms with Crippen LogP contribution in [0.3, 0.4) is 0 Å². The maximum Gasteiger partial charge on any atom is 0.254 e. The Morgan fingerprint density at radius 3 is 2.85 bits per heavy atom. The molecule has 0 spiro atoms. The van der Waals surface area contributed by atoms with Gasteiger partial charge in [-0.05, 0) is 61.9 Å². The SMILES string of the molecule is COc1cc(C(=O)N2CCCC(N)C2)cc2nc(-c3cc4cccnc4n3CC3CC3)n(C)c12. The number of carbonyl (C=O) groups excluding carboxylic acids is 1. The summed E-state index contributed by atoms with van der Waals surface area (Å²) in [6.07, 6.45) is 6.25. The number of hydrogen-bond donors (Lipinski definition) is 1. The summed E-state index contributed by atoms with van der Waals surface area (Å²) in [5, 5.41) is 1.11. The Hall–Kier alpha value is -3.39. The molecule has 2 N–H and O–H groups in total. The summed E-state index contributed by atoms with van der Waals surface area (Å²) in [6.45, 7) is 2.25. The molecule has 4 aromatic rings. The van der Waals surface area contributed by atoms with E-state index in [1.807, 2.05) is 36.3 Å². The van der Waals surface area contributed by atoms with Gasteiger partial charge in [-0.3, -0.25) is 4.79 Å². The number of aryl methyl sites for hydroxylation is 1. The van der Waals surface area contributed by atoms with Gasteiger partial charge in [-0.1, -0.05) is 0 Å². The lowest BCUT2D eigenvalue weighted by molar-refractivity contribution is 0.0708. The third-order valence-electron chi connectivity index (χ3n) is 7.17. The van der Waals surface area contributed by atoms with Gasteiger partial charge in [-0.25, -0.2) is 9.97 Å². The Balaban J connectivity index is 1.47. The zero-order valence-electron chi connectivity index (χ0n) is 19.7. The van der Waals surface area contributed by atoms with Gasteiger partial charge < -0.3 is 24.5 Å². The van der Waals surface area contributed by atoms with Crippen LogP contribution in [0.15, 0.2) is 36.5 Å². The van der Waals surface area contributed by atoms with E-state index < -0.39 is 0 Å². The van der Waals surface area contributed by atoms with Gasteiger partial charge in [0.2, 0.25) is 0 Å². The van der Waals surface area contributed by atoms with Crippen molar-refractivity contribution < 1.29 is 9.53 Å². The summed E-state index contributed by atoms with van der Waals surface area (Å²) < 4.78 is 10.1. The number of carbonyl (C=O) groups is 1. The van der Waals surface area contributed by atoms with E-state index in [9.17, 15) is 4.79 Å². The molecule has 1 saturated carbocycles. The molecule has 1 aliphatic carbocycles. The number of imidazole rings is 1. The maximum absolute atomic E-state index is 13.3. The fraction of sp³-hybridized carbons (Fsp3) is 0.423. The number of amides is 1. The molecule has 4 heterocycles. The largest absolute Gasteiger partial charge is 0.494 e. The fourth-order valence-electron chi connectivity index (χ4n) is 5.21. The van der Waals surface area contributed by atoms with Crippen molar-refractivity contribution in [2.24, 2.45) is 18.7 Å². The Labute approximate surface area is 198 Å². The van der Waals surface area contributed by atoms with Crippen LogP contribution in [0, 0.1) is 5.92 Å². The molecule has 1 saturated heterocycles. The van der Waals surface area contributed by atoms with E-state index in [0.29, 0.717) is 23.8 Å². The number of methoxy groups -OCH3 is 1. The van der Waals surface area contributed by atoms with Gasteiger partial charge in [0.25, 0.3) is 5.91 Å². The van der Waals surface area contributed by atoms with E-state index in [2.05, 4.69) is 26.3 Å². The summed E-state index contributed by atoms with van der Waals surface area (Å²) in [6, 6.07) is 9.98. The summed E-state index contributed by atoms with van der Waals surface area (Å²) >= 11 is 0. The number of fused-ring (bicyclic) bond motifs is 2. The van der Waals surface area contributed by atoms with Crippen molar-refractivity contribution in [1.82, 2.24) is 24.0 Å². The van der Waals surface area contributed by atoms with Crippen LogP contribution in [-0.2, 0) is 13.6 Å². The lowest BCUT2D eigenvalue weighted by atomic mass is 10.0. The van der Waals surface area contributed by atoms with E-state index in [1.54, 1.807) is 7.11 Å². The van der Waals surface area contributed by atoms with Gasteiger partial charge in [-0.2, -0.15) is 0 Å². The van der Waals surface area contributed by atoms with E-state index in [1.165, 1.54) is 12.8 Å². The molecule has 176 valence electrons. The van der Waals surface area contributed by atoms with E-state index in [-0.39, 0.29) is 11.9 Å². The first-order valence-electron chi connectivity index (χ1n) is 12.1. The van der Waals surface area contributed by atoms with Crippen molar-refractivity contribution >= 4 is 28.0 Å². The molecule has 2 fully saturated rings. The van der Waals surface area contributed by atoms with Crippen LogP contribution < -0.4 is 10.5 Å². The predicted octanol–water partition coefficient (Wildman–Crippen LogP) is 3.57. The summed E-state index contributed by atoms with van der Waals surface area (Å²) in [5.41, 5.74) is 10.4. The van der Waals surface area contributed by atoms with Crippen molar-refractivity contribution in [3.8, 4) is 17.3 Å². The topological polar surface area (TPSA) is 91.2 Å². The number of likely N-dealkylation sites (tertiary alicyclic amines) is 1. The van der Waals surface area contributed by atoms with E-state index in [0.717, 1.165) is 59.5 Å². The lowest BCUT2D eigenvalue weighted by Crippen LogP contribution is -2.45. The highest BCUT2D eigenvalue weighted by molar-refractivity contribution is 6.00. The number of ether oxygens (including phenoxy) is 1. The van der Waals surface area contributed by atoms with Crippen LogP contribution in [-0.4, -0.2) is 56.2 Å². The number of aromatic nitrogens is 4. The predicted molar refractivity (Wildman–Crippen MR) is 132 cm³/mol. The zero-order chi connectivity index (χ0) is 23.4. The van der Waals surface area contributed by atoms with Gasteiger partial charge in [0.1, 0.15) is 16.9 Å². The summed E-state index contributed by atoms with van der Waals surface area (Å²) in [7, 11) is 3.64. The number of hydrogen-bond acceptors (Lipinski definition) is 5. The number of rotatable bonds is 5. The average molecular weight is 459 g/mol. The van der Waals surface area contributed by atoms with Crippen LogP contribution in [0.5, 0.6) is 5.75 Å². The third-order valence-corrected chi connectivity index (χ3v) is 7.17. The molecule has 1 unspecified atom stereocenters. The minimum Gasteiger partial charge on any atom is -0.494 e. The highest BCUT2D eigenvalue weighted by atomic mass is 16.5. The number of benzene rings is 1. The fourth-order valence-corrected chi connectivity index (χ4v) is 5.21. The molecule has 1 atom stereocenters. The molecule has 0 radical (unpaired) electrons. The number of nitrogens with two attached hydrogens (primary N) is 1. The molecular weight excluding hydrogens is 428 g/mol. The van der Waals surface area contributed by atoms with E-state index >= 15 is 0 Å². The minimum absolute atomic E-state index is 0.0189. The van der Waals surface area contributed by atoms with Crippen LogP contribution in [0.4, 0.5) is 0 Å². The maximum atomic E-state index is 13.3. The second-order valence-corrected chi connectivity index (χ2v) is 9.69. The van der Waals surface area contributed by atoms with Gasteiger partial charge in [0.05, 0.1) is 18.3 Å². The zero-order valence-corrected chi connectivity index (χ0v) is 19.7. The number of nitrogens with zero attached hydrogens (tertiary/aromatic N) is 5. The van der Waals surface area contributed by atoms with Gasteiger partial charge in [-0.15, -0.1) is 0 Å². The lowest BCUT2D eigenvalue weighted by Gasteiger charge is -2.30. The normalized spacial score (nSPS) is 18.7. The summed E-state index contributed by atoms with van der Waals surface area (Å²) in [4.78, 5) is 24.8. The highest BCUT2D eigenvalue weighted by Gasteiger charge is 2.28. The number of piperidine rings is 1. The molecule has 8 heteroatoms. The molecular formula is C26H30N6O2. The standard InChI is InChI=1S/C26H30N6O2/c1-30-23-20(11-18(13-22(23)34-2)26(33)31-10-4-6-19(27)15-31)29-25(30)21-12-17-5-3-9-28-24(17)32(21)14-16-7-8-16/h3,5,9,11-13,16,19H,4,6-8,10,14-15,27H2,1-2H3. The summed E-state index contributed by atoms with van der Waals surface area (Å²) in [5.74, 6) is 2.17. The first-order chi connectivity index (χ1) is 16.5. The van der Waals surface area contributed by atoms with Gasteiger partial charge >= 0.3 is 0 Å². The molecule has 1 aliphatic heterocycles. The molecule has 0 bridgehead atoms. The van der Waals surface area contributed by atoms with E-state index in [4.69, 9.17) is 15.5 Å². The Morgan fingerprint density at radius 1 is 1.24 bits per heavy atom. The molecule has 1 amide bonds. The molecule has 34 heavy (non-hydrogen) atoms. The van der Waals surface area contributed by atoms with Gasteiger partial charge in [0, 0.05) is 49.9 Å². The smallest absolute Gasteiger partial charge is 0.254 e. The van der Waals surface area contributed by atoms with Crippen molar-refractivity contribution in [2.75, 3.05) is 20.2 Å². The Bertz CT molecular complexity index is 1400. The molecule has 3 aromatic heterocycles. The molecule has 8 nitrogen and oxygen atoms in total. The third kappa shape index (κ3) is 3.53. The second kappa shape index (κ2) is 8.13. The first-order valence-corrected chi connectivity index (χ1v) is 12.1. The van der Waals surface area contributed by atoms with Crippen molar-refractivity contribution in [3.63, 3.8) is 0 Å². The van der Waals surface area contributed by atoms with Crippen LogP contribution in [0.25, 0.3) is 33.6 Å². The van der Waals surface area contributed by atoms with Crippen LogP contribution >= 0.6 is 0 Å². The molecule has 1 aromatic carbocycles. The van der Waals surface area contributed by atoms with Crippen molar-refractivity contribution in [2.45, 2.75) is 38.3 Å². The first kappa shape index (κ1) is 21.2. The van der Waals surface area contributed by atoms with Crippen LogP contribution in [0.2, 0.25) is 0 Å².